The molecule has 8 nitrogen and oxygen atoms in total. The molecule has 0 heterocycles. The van der Waals surface area contributed by atoms with Crippen molar-refractivity contribution < 1.29 is 24.2 Å². The van der Waals surface area contributed by atoms with Gasteiger partial charge in [0, 0.05) is 16.3 Å². The van der Waals surface area contributed by atoms with Crippen molar-refractivity contribution in [1.82, 2.24) is 5.43 Å². The SMILES string of the molecule is COc1cccc(/C=N/NC(=O)Nc2ccc(Cl)cc2)c1OCc1ccc(C(=O)O)cc1. The first-order valence-electron chi connectivity index (χ1n) is 9.44. The van der Waals surface area contributed by atoms with E-state index in [1.54, 1.807) is 54.6 Å². The summed E-state index contributed by atoms with van der Waals surface area (Å²) in [7, 11) is 1.52. The number of para-hydroxylation sites is 1. The molecule has 32 heavy (non-hydrogen) atoms. The number of rotatable bonds is 8. The van der Waals surface area contributed by atoms with Gasteiger partial charge in [0.15, 0.2) is 11.5 Å². The summed E-state index contributed by atoms with van der Waals surface area (Å²) in [6, 6.07) is 17.8. The Morgan fingerprint density at radius 3 is 2.44 bits per heavy atom. The number of hydrogen-bond donors (Lipinski definition) is 3. The summed E-state index contributed by atoms with van der Waals surface area (Å²) >= 11 is 5.83. The predicted molar refractivity (Wildman–Crippen MR) is 122 cm³/mol. The Bertz CT molecular complexity index is 1120. The zero-order valence-corrected chi connectivity index (χ0v) is 17.8. The Labute approximate surface area is 189 Å². The monoisotopic (exact) mass is 453 g/mol. The number of amides is 2. The van der Waals surface area contributed by atoms with Gasteiger partial charge in [-0.25, -0.2) is 15.0 Å². The molecule has 0 unspecified atom stereocenters. The van der Waals surface area contributed by atoms with Crippen molar-refractivity contribution in [2.24, 2.45) is 5.10 Å². The van der Waals surface area contributed by atoms with Crippen LogP contribution in [-0.4, -0.2) is 30.4 Å². The molecule has 0 aromatic heterocycles. The molecule has 3 N–H and O–H groups in total. The van der Waals surface area contributed by atoms with Gasteiger partial charge in [-0.1, -0.05) is 29.8 Å². The van der Waals surface area contributed by atoms with Gasteiger partial charge in [-0.3, -0.25) is 0 Å². The van der Waals surface area contributed by atoms with Crippen LogP contribution in [0.2, 0.25) is 5.02 Å². The Morgan fingerprint density at radius 2 is 1.78 bits per heavy atom. The second-order valence-corrected chi connectivity index (χ2v) is 6.94. The molecule has 0 spiro atoms. The zero-order chi connectivity index (χ0) is 22.9. The van der Waals surface area contributed by atoms with Crippen molar-refractivity contribution in [3.63, 3.8) is 0 Å². The van der Waals surface area contributed by atoms with E-state index in [0.29, 0.717) is 27.8 Å². The first-order chi connectivity index (χ1) is 15.5. The van der Waals surface area contributed by atoms with Gasteiger partial charge in [0.1, 0.15) is 6.61 Å². The van der Waals surface area contributed by atoms with Crippen LogP contribution < -0.4 is 20.2 Å². The van der Waals surface area contributed by atoms with E-state index < -0.39 is 12.0 Å². The maximum atomic E-state index is 12.0. The number of urea groups is 1. The number of carboxylic acids is 1. The molecule has 0 fully saturated rings. The van der Waals surface area contributed by atoms with Gasteiger partial charge in [-0.05, 0) is 54.1 Å². The van der Waals surface area contributed by atoms with Crippen LogP contribution in [0.1, 0.15) is 21.5 Å². The number of nitrogens with one attached hydrogen (secondary N) is 2. The summed E-state index contributed by atoms with van der Waals surface area (Å²) < 4.78 is 11.3. The number of ether oxygens (including phenoxy) is 2. The lowest BCUT2D eigenvalue weighted by Crippen LogP contribution is -2.24. The molecule has 0 aliphatic rings. The molecule has 0 radical (unpaired) electrons. The highest BCUT2D eigenvalue weighted by Crippen LogP contribution is 2.30. The highest BCUT2D eigenvalue weighted by molar-refractivity contribution is 6.30. The minimum Gasteiger partial charge on any atom is -0.493 e. The minimum absolute atomic E-state index is 0.186. The van der Waals surface area contributed by atoms with E-state index in [1.165, 1.54) is 25.5 Å². The summed E-state index contributed by atoms with van der Waals surface area (Å²) in [5, 5.41) is 16.2. The third kappa shape index (κ3) is 6.23. The van der Waals surface area contributed by atoms with Crippen LogP contribution in [-0.2, 0) is 6.61 Å². The van der Waals surface area contributed by atoms with Crippen molar-refractivity contribution in [2.75, 3.05) is 12.4 Å². The number of carbonyl (C=O) groups is 2. The molecule has 0 aliphatic heterocycles. The van der Waals surface area contributed by atoms with Crippen molar-refractivity contribution in [3.8, 4) is 11.5 Å². The molecule has 0 aliphatic carbocycles. The maximum absolute atomic E-state index is 12.0. The lowest BCUT2D eigenvalue weighted by atomic mass is 10.1. The van der Waals surface area contributed by atoms with Crippen LogP contribution in [0.15, 0.2) is 71.8 Å². The van der Waals surface area contributed by atoms with Gasteiger partial charge in [0.25, 0.3) is 0 Å². The molecular weight excluding hydrogens is 434 g/mol. The number of halogens is 1. The molecule has 0 saturated carbocycles. The Morgan fingerprint density at radius 1 is 1.06 bits per heavy atom. The second kappa shape index (κ2) is 10.8. The molecule has 9 heteroatoms. The smallest absolute Gasteiger partial charge is 0.339 e. The Hall–Kier alpha value is -4.04. The molecule has 0 atom stereocenters. The number of hydrogen-bond acceptors (Lipinski definition) is 5. The molecule has 3 aromatic rings. The third-order valence-electron chi connectivity index (χ3n) is 4.29. The van der Waals surface area contributed by atoms with Gasteiger partial charge in [-0.15, -0.1) is 0 Å². The van der Waals surface area contributed by atoms with E-state index in [1.807, 2.05) is 0 Å². The zero-order valence-electron chi connectivity index (χ0n) is 17.0. The quantitative estimate of drug-likeness (QED) is 0.336. The fourth-order valence-electron chi connectivity index (χ4n) is 2.70. The van der Waals surface area contributed by atoms with E-state index in [4.69, 9.17) is 26.2 Å². The minimum atomic E-state index is -0.992. The molecule has 3 rings (SSSR count). The molecule has 164 valence electrons. The number of carbonyl (C=O) groups excluding carboxylic acids is 1. The van der Waals surface area contributed by atoms with E-state index in [0.717, 1.165) is 5.56 Å². The second-order valence-electron chi connectivity index (χ2n) is 6.50. The number of benzene rings is 3. The van der Waals surface area contributed by atoms with Crippen molar-refractivity contribution in [3.05, 3.63) is 88.4 Å². The fraction of sp³-hybridized carbons (Fsp3) is 0.0870. The topological polar surface area (TPSA) is 109 Å². The summed E-state index contributed by atoms with van der Waals surface area (Å²) in [4.78, 5) is 23.0. The molecular formula is C23H20ClN3O5. The van der Waals surface area contributed by atoms with Crippen LogP contribution in [0, 0.1) is 0 Å². The molecule has 3 aromatic carbocycles. The van der Waals surface area contributed by atoms with E-state index in [-0.39, 0.29) is 12.2 Å². The summed E-state index contributed by atoms with van der Waals surface area (Å²) in [6.07, 6.45) is 1.44. The third-order valence-corrected chi connectivity index (χ3v) is 4.54. The maximum Gasteiger partial charge on any atom is 0.339 e. The fourth-order valence-corrected chi connectivity index (χ4v) is 2.83. The van der Waals surface area contributed by atoms with Crippen LogP contribution in [0.4, 0.5) is 10.5 Å². The molecule has 0 bridgehead atoms. The predicted octanol–water partition coefficient (Wildman–Crippen LogP) is 4.78. The first kappa shape index (κ1) is 22.6. The summed E-state index contributed by atoms with van der Waals surface area (Å²) in [5.41, 5.74) is 4.51. The standard InChI is InChI=1S/C23H20ClN3O5/c1-31-20-4-2-3-17(13-25-27-23(30)26-19-11-9-18(24)10-12-19)21(20)32-14-15-5-7-16(8-6-15)22(28)29/h2-13H,14H2,1H3,(H,28,29)(H2,26,27,30)/b25-13+. The molecule has 0 saturated heterocycles. The van der Waals surface area contributed by atoms with Gasteiger partial charge < -0.3 is 19.9 Å². The molecule has 2 amide bonds. The van der Waals surface area contributed by atoms with Crippen molar-refractivity contribution in [1.29, 1.82) is 0 Å². The lowest BCUT2D eigenvalue weighted by Gasteiger charge is -2.13. The van der Waals surface area contributed by atoms with E-state index in [2.05, 4.69) is 15.8 Å². The number of carboxylic acid groups (broad SMARTS) is 1. The first-order valence-corrected chi connectivity index (χ1v) is 9.81. The number of anilines is 1. The van der Waals surface area contributed by atoms with Gasteiger partial charge >= 0.3 is 12.0 Å². The highest BCUT2D eigenvalue weighted by atomic mass is 35.5. The average molecular weight is 454 g/mol. The largest absolute Gasteiger partial charge is 0.493 e. The Balaban J connectivity index is 1.66. The number of aromatic carboxylic acids is 1. The van der Waals surface area contributed by atoms with E-state index >= 15 is 0 Å². The number of nitrogens with zero attached hydrogens (tertiary/aromatic N) is 1. The number of hydrazone groups is 1. The van der Waals surface area contributed by atoms with Gasteiger partial charge in [0.05, 0.1) is 18.9 Å². The van der Waals surface area contributed by atoms with Crippen molar-refractivity contribution >= 4 is 35.5 Å². The highest BCUT2D eigenvalue weighted by Gasteiger charge is 2.10. The van der Waals surface area contributed by atoms with Crippen LogP contribution in [0.3, 0.4) is 0 Å². The van der Waals surface area contributed by atoms with Crippen LogP contribution in [0.25, 0.3) is 0 Å². The lowest BCUT2D eigenvalue weighted by molar-refractivity contribution is 0.0697. The van der Waals surface area contributed by atoms with Crippen LogP contribution in [0.5, 0.6) is 11.5 Å². The van der Waals surface area contributed by atoms with E-state index in [9.17, 15) is 9.59 Å². The van der Waals surface area contributed by atoms with Gasteiger partial charge in [-0.2, -0.15) is 5.10 Å². The number of methoxy groups -OCH3 is 1. The van der Waals surface area contributed by atoms with Gasteiger partial charge in [0.2, 0.25) is 0 Å². The summed E-state index contributed by atoms with van der Waals surface area (Å²) in [6.45, 7) is 0.186. The van der Waals surface area contributed by atoms with Crippen LogP contribution >= 0.6 is 11.6 Å². The summed E-state index contributed by atoms with van der Waals surface area (Å²) in [5.74, 6) is -0.0732. The van der Waals surface area contributed by atoms with Crippen molar-refractivity contribution in [2.45, 2.75) is 6.61 Å². The Kier molecular flexibility index (Phi) is 7.66. The average Bonchev–Trinajstić information content (AvgIpc) is 2.79. The normalized spacial score (nSPS) is 10.6.